The van der Waals surface area contributed by atoms with Gasteiger partial charge in [-0.1, -0.05) is 24.1 Å². The summed E-state index contributed by atoms with van der Waals surface area (Å²) in [5, 5.41) is 12.4. The van der Waals surface area contributed by atoms with Crippen molar-refractivity contribution in [1.29, 1.82) is 0 Å². The highest BCUT2D eigenvalue weighted by Gasteiger charge is 2.23. The zero-order valence-electron chi connectivity index (χ0n) is 19.6. The third-order valence-electron chi connectivity index (χ3n) is 7.06. The lowest BCUT2D eigenvalue weighted by atomic mass is 9.92. The van der Waals surface area contributed by atoms with E-state index < -0.39 is 5.97 Å². The molecule has 6 heteroatoms. The molecule has 2 aromatic rings. The lowest BCUT2D eigenvalue weighted by Crippen LogP contribution is -2.36. The number of anilines is 2. The van der Waals surface area contributed by atoms with Crippen LogP contribution in [0.15, 0.2) is 42.5 Å². The second-order valence-corrected chi connectivity index (χ2v) is 9.48. The monoisotopic (exact) mass is 449 g/mol. The van der Waals surface area contributed by atoms with Crippen LogP contribution >= 0.6 is 0 Å². The van der Waals surface area contributed by atoms with Crippen LogP contribution in [-0.2, 0) is 0 Å². The van der Waals surface area contributed by atoms with Gasteiger partial charge in [-0.3, -0.25) is 4.79 Å². The van der Waals surface area contributed by atoms with Crippen LogP contribution in [0.25, 0.3) is 0 Å². The van der Waals surface area contributed by atoms with Crippen molar-refractivity contribution >= 4 is 23.3 Å². The molecule has 2 fully saturated rings. The van der Waals surface area contributed by atoms with Gasteiger partial charge in [-0.2, -0.15) is 0 Å². The Morgan fingerprint density at radius 1 is 0.939 bits per heavy atom. The Hall–Kier alpha value is -2.86. The van der Waals surface area contributed by atoms with E-state index in [-0.39, 0.29) is 11.5 Å². The van der Waals surface area contributed by atoms with Crippen LogP contribution in [0.2, 0.25) is 0 Å². The molecule has 0 aromatic heterocycles. The Morgan fingerprint density at radius 3 is 2.27 bits per heavy atom. The Bertz CT molecular complexity index is 959. The molecule has 6 nitrogen and oxygen atoms in total. The van der Waals surface area contributed by atoms with E-state index in [0.717, 1.165) is 43.1 Å². The van der Waals surface area contributed by atoms with E-state index in [2.05, 4.69) is 15.1 Å². The van der Waals surface area contributed by atoms with Crippen LogP contribution in [0, 0.1) is 12.8 Å². The molecule has 4 rings (SSSR count). The molecule has 2 heterocycles. The van der Waals surface area contributed by atoms with Crippen LogP contribution in [-0.4, -0.2) is 54.6 Å². The third kappa shape index (κ3) is 6.14. The molecule has 0 unspecified atom stereocenters. The number of amides is 1. The smallest absolute Gasteiger partial charge is 0.335 e. The number of rotatable bonds is 7. The summed E-state index contributed by atoms with van der Waals surface area (Å²) in [5.41, 5.74) is 3.28. The summed E-state index contributed by atoms with van der Waals surface area (Å²) in [4.78, 5) is 29.3. The fourth-order valence-corrected chi connectivity index (χ4v) is 4.96. The standard InChI is InChI=1S/C27H35N3O3/c1-20-5-7-22(8-6-20)26(31)28-24-19-23(27(32)33)9-10-25(24)30-17-12-21(13-18-30)11-16-29-14-3-2-4-15-29/h5-10,19,21H,2-4,11-18H2,1H3,(H,28,31)(H,32,33). The Labute approximate surface area is 196 Å². The van der Waals surface area contributed by atoms with E-state index in [0.29, 0.717) is 11.3 Å². The van der Waals surface area contributed by atoms with Gasteiger partial charge in [0.1, 0.15) is 0 Å². The highest BCUT2D eigenvalue weighted by atomic mass is 16.4. The molecule has 0 aliphatic carbocycles. The highest BCUT2D eigenvalue weighted by Crippen LogP contribution is 2.32. The molecular weight excluding hydrogens is 414 g/mol. The van der Waals surface area contributed by atoms with E-state index in [1.807, 2.05) is 25.1 Å². The number of hydrogen-bond donors (Lipinski definition) is 2. The Kier molecular flexibility index (Phi) is 7.65. The molecule has 0 spiro atoms. The number of aryl methyl sites for hydroxylation is 1. The lowest BCUT2D eigenvalue weighted by molar-refractivity contribution is 0.0696. The van der Waals surface area contributed by atoms with Crippen molar-refractivity contribution in [3.8, 4) is 0 Å². The Balaban J connectivity index is 1.42. The zero-order chi connectivity index (χ0) is 23.2. The Morgan fingerprint density at radius 2 is 1.61 bits per heavy atom. The molecule has 0 atom stereocenters. The second-order valence-electron chi connectivity index (χ2n) is 9.48. The van der Waals surface area contributed by atoms with Gasteiger partial charge >= 0.3 is 5.97 Å². The maximum Gasteiger partial charge on any atom is 0.335 e. The van der Waals surface area contributed by atoms with Gasteiger partial charge in [0, 0.05) is 18.7 Å². The average molecular weight is 450 g/mol. The van der Waals surface area contributed by atoms with Crippen LogP contribution < -0.4 is 10.2 Å². The van der Waals surface area contributed by atoms with Gasteiger partial charge in [0.05, 0.1) is 16.9 Å². The lowest BCUT2D eigenvalue weighted by Gasteiger charge is -2.36. The molecule has 33 heavy (non-hydrogen) atoms. The largest absolute Gasteiger partial charge is 0.478 e. The van der Waals surface area contributed by atoms with Crippen molar-refractivity contribution in [1.82, 2.24) is 4.90 Å². The summed E-state index contributed by atoms with van der Waals surface area (Å²) in [6.45, 7) is 7.52. The summed E-state index contributed by atoms with van der Waals surface area (Å²) in [5.74, 6) is -0.494. The van der Waals surface area contributed by atoms with E-state index in [1.54, 1.807) is 24.3 Å². The van der Waals surface area contributed by atoms with Crippen LogP contribution in [0.3, 0.4) is 0 Å². The number of carbonyl (C=O) groups excluding carboxylic acids is 1. The van der Waals surface area contributed by atoms with E-state index in [9.17, 15) is 14.7 Å². The SMILES string of the molecule is Cc1ccc(C(=O)Nc2cc(C(=O)O)ccc2N2CCC(CCN3CCCCC3)CC2)cc1. The second kappa shape index (κ2) is 10.8. The van der Waals surface area contributed by atoms with Crippen molar-refractivity contribution in [2.75, 3.05) is 42.9 Å². The first-order valence-electron chi connectivity index (χ1n) is 12.2. The maximum absolute atomic E-state index is 12.8. The topological polar surface area (TPSA) is 72.9 Å². The first kappa shape index (κ1) is 23.3. The first-order valence-corrected chi connectivity index (χ1v) is 12.2. The van der Waals surface area contributed by atoms with Crippen molar-refractivity contribution in [2.45, 2.75) is 45.4 Å². The molecule has 2 saturated heterocycles. The minimum absolute atomic E-state index is 0.175. The molecular formula is C27H35N3O3. The number of carbonyl (C=O) groups is 2. The average Bonchev–Trinajstić information content (AvgIpc) is 2.84. The van der Waals surface area contributed by atoms with Gasteiger partial charge < -0.3 is 20.2 Å². The molecule has 0 bridgehead atoms. The summed E-state index contributed by atoms with van der Waals surface area (Å²) in [6.07, 6.45) is 7.55. The summed E-state index contributed by atoms with van der Waals surface area (Å²) in [6, 6.07) is 12.4. The number of piperidine rings is 2. The zero-order valence-corrected chi connectivity index (χ0v) is 19.6. The number of carboxylic acid groups (broad SMARTS) is 1. The minimum Gasteiger partial charge on any atom is -0.478 e. The fraction of sp³-hybridized carbons (Fsp3) is 0.481. The molecule has 2 aromatic carbocycles. The quantitative estimate of drug-likeness (QED) is 0.620. The summed E-state index contributed by atoms with van der Waals surface area (Å²) >= 11 is 0. The highest BCUT2D eigenvalue weighted by molar-refractivity contribution is 6.06. The van der Waals surface area contributed by atoms with Gasteiger partial charge in [0.15, 0.2) is 0 Å². The molecule has 2 N–H and O–H groups in total. The van der Waals surface area contributed by atoms with E-state index >= 15 is 0 Å². The maximum atomic E-state index is 12.8. The molecule has 0 radical (unpaired) electrons. The summed E-state index contributed by atoms with van der Waals surface area (Å²) in [7, 11) is 0. The molecule has 1 amide bonds. The van der Waals surface area contributed by atoms with Gasteiger partial charge in [-0.15, -0.1) is 0 Å². The third-order valence-corrected chi connectivity index (χ3v) is 7.06. The fourth-order valence-electron chi connectivity index (χ4n) is 4.96. The van der Waals surface area contributed by atoms with Crippen molar-refractivity contribution in [3.63, 3.8) is 0 Å². The van der Waals surface area contributed by atoms with E-state index in [4.69, 9.17) is 0 Å². The normalized spacial score (nSPS) is 17.7. The van der Waals surface area contributed by atoms with Crippen molar-refractivity contribution in [3.05, 3.63) is 59.2 Å². The predicted molar refractivity (Wildman–Crippen MR) is 132 cm³/mol. The van der Waals surface area contributed by atoms with Gasteiger partial charge in [0.2, 0.25) is 0 Å². The van der Waals surface area contributed by atoms with E-state index in [1.165, 1.54) is 45.3 Å². The van der Waals surface area contributed by atoms with Crippen molar-refractivity contribution < 1.29 is 14.7 Å². The molecule has 2 aliphatic heterocycles. The first-order chi connectivity index (χ1) is 16.0. The molecule has 2 aliphatic rings. The van der Waals surface area contributed by atoms with Crippen LogP contribution in [0.1, 0.15) is 64.8 Å². The summed E-state index contributed by atoms with van der Waals surface area (Å²) < 4.78 is 0. The van der Waals surface area contributed by atoms with Gasteiger partial charge in [-0.05, 0) is 94.9 Å². The van der Waals surface area contributed by atoms with Crippen LogP contribution in [0.5, 0.6) is 0 Å². The molecule has 176 valence electrons. The number of aromatic carboxylic acids is 1. The number of carboxylic acids is 1. The number of likely N-dealkylation sites (tertiary alicyclic amines) is 1. The number of benzene rings is 2. The number of nitrogens with one attached hydrogen (secondary N) is 1. The minimum atomic E-state index is -0.996. The number of nitrogens with zero attached hydrogens (tertiary/aromatic N) is 2. The predicted octanol–water partition coefficient (Wildman–Crippen LogP) is 5.04. The van der Waals surface area contributed by atoms with Gasteiger partial charge in [-0.25, -0.2) is 4.79 Å². The number of hydrogen-bond acceptors (Lipinski definition) is 4. The van der Waals surface area contributed by atoms with Gasteiger partial charge in [0.25, 0.3) is 5.91 Å². The van der Waals surface area contributed by atoms with Crippen molar-refractivity contribution in [2.24, 2.45) is 5.92 Å². The van der Waals surface area contributed by atoms with Crippen LogP contribution in [0.4, 0.5) is 11.4 Å². The molecule has 0 saturated carbocycles.